The summed E-state index contributed by atoms with van der Waals surface area (Å²) in [6.07, 6.45) is -0.337. The van der Waals surface area contributed by atoms with Crippen LogP contribution in [-0.4, -0.2) is 73.7 Å². The molecule has 8 heteroatoms. The highest BCUT2D eigenvalue weighted by atomic mass is 32.2. The van der Waals surface area contributed by atoms with Crippen LogP contribution in [0.2, 0.25) is 0 Å². The van der Waals surface area contributed by atoms with Gasteiger partial charge in [-0.15, -0.1) is 0 Å². The van der Waals surface area contributed by atoms with Crippen molar-refractivity contribution in [2.75, 3.05) is 45.9 Å². The van der Waals surface area contributed by atoms with Gasteiger partial charge in [0.05, 0.1) is 0 Å². The van der Waals surface area contributed by atoms with E-state index in [9.17, 15) is 13.2 Å². The maximum absolute atomic E-state index is 12.8. The van der Waals surface area contributed by atoms with Gasteiger partial charge < -0.3 is 9.64 Å². The second-order valence-electron chi connectivity index (χ2n) is 7.38. The smallest absolute Gasteiger partial charge is 0.282 e. The van der Waals surface area contributed by atoms with E-state index in [1.165, 1.54) is 8.61 Å². The van der Waals surface area contributed by atoms with Gasteiger partial charge in [-0.3, -0.25) is 4.79 Å². The standard InChI is InChI=1S/C23H31N3O4S/c1-3-25(4-2)31(28,29)26-17-15-24(16-18-26)22(27)19-30-23(20-11-7-5-8-12-20)21-13-9-6-10-14-21/h5-14,23H,3-4,15-19H2,1-2H3. The van der Waals surface area contributed by atoms with Crippen LogP contribution in [0.4, 0.5) is 0 Å². The van der Waals surface area contributed by atoms with Crippen LogP contribution >= 0.6 is 0 Å². The maximum Gasteiger partial charge on any atom is 0.282 e. The summed E-state index contributed by atoms with van der Waals surface area (Å²) in [6, 6.07) is 19.6. The predicted octanol–water partition coefficient (Wildman–Crippen LogP) is 2.52. The molecule has 2 aromatic carbocycles. The van der Waals surface area contributed by atoms with Crippen LogP contribution in [0, 0.1) is 0 Å². The van der Waals surface area contributed by atoms with E-state index in [0.29, 0.717) is 39.3 Å². The van der Waals surface area contributed by atoms with Crippen LogP contribution < -0.4 is 0 Å². The summed E-state index contributed by atoms with van der Waals surface area (Å²) >= 11 is 0. The van der Waals surface area contributed by atoms with Crippen LogP contribution in [0.1, 0.15) is 31.1 Å². The Morgan fingerprint density at radius 1 is 0.903 bits per heavy atom. The van der Waals surface area contributed by atoms with E-state index < -0.39 is 10.2 Å². The highest BCUT2D eigenvalue weighted by Crippen LogP contribution is 2.26. The molecule has 1 aliphatic heterocycles. The zero-order chi connectivity index (χ0) is 22.3. The van der Waals surface area contributed by atoms with E-state index in [4.69, 9.17) is 4.74 Å². The first-order valence-electron chi connectivity index (χ1n) is 10.7. The van der Waals surface area contributed by atoms with Crippen molar-refractivity contribution in [2.45, 2.75) is 20.0 Å². The van der Waals surface area contributed by atoms with Gasteiger partial charge in [0.25, 0.3) is 10.2 Å². The normalized spacial score (nSPS) is 15.5. The molecule has 0 bridgehead atoms. The van der Waals surface area contributed by atoms with E-state index in [2.05, 4.69) is 0 Å². The third kappa shape index (κ3) is 5.71. The Bertz CT molecular complexity index is 886. The van der Waals surface area contributed by atoms with Crippen LogP contribution in [0.3, 0.4) is 0 Å². The summed E-state index contributed by atoms with van der Waals surface area (Å²) in [6.45, 7) is 5.79. The molecule has 0 radical (unpaired) electrons. The lowest BCUT2D eigenvalue weighted by Gasteiger charge is -2.36. The number of hydrogen-bond donors (Lipinski definition) is 0. The Hall–Kier alpha value is -2.26. The molecule has 0 aliphatic carbocycles. The number of nitrogens with zero attached hydrogens (tertiary/aromatic N) is 3. The zero-order valence-electron chi connectivity index (χ0n) is 18.2. The third-order valence-electron chi connectivity index (χ3n) is 5.53. The molecule has 0 saturated carbocycles. The SMILES string of the molecule is CCN(CC)S(=O)(=O)N1CCN(C(=O)COC(c2ccccc2)c2ccccc2)CC1. The molecule has 0 N–H and O–H groups in total. The molecule has 1 heterocycles. The van der Waals surface area contributed by atoms with Gasteiger partial charge in [-0.1, -0.05) is 74.5 Å². The van der Waals surface area contributed by atoms with Crippen LogP contribution in [-0.2, 0) is 19.7 Å². The average Bonchev–Trinajstić information content (AvgIpc) is 2.81. The molecule has 2 aromatic rings. The van der Waals surface area contributed by atoms with Gasteiger partial charge >= 0.3 is 0 Å². The van der Waals surface area contributed by atoms with Crippen LogP contribution in [0.15, 0.2) is 60.7 Å². The molecule has 1 saturated heterocycles. The highest BCUT2D eigenvalue weighted by molar-refractivity contribution is 7.86. The molecule has 3 rings (SSSR count). The summed E-state index contributed by atoms with van der Waals surface area (Å²) in [5.74, 6) is -0.128. The van der Waals surface area contributed by atoms with Crippen molar-refractivity contribution in [1.29, 1.82) is 0 Å². The van der Waals surface area contributed by atoms with Gasteiger partial charge in [-0.2, -0.15) is 17.0 Å². The fraction of sp³-hybridized carbons (Fsp3) is 0.435. The fourth-order valence-electron chi connectivity index (χ4n) is 3.77. The van der Waals surface area contributed by atoms with E-state index in [-0.39, 0.29) is 18.6 Å². The van der Waals surface area contributed by atoms with Crippen LogP contribution in [0.25, 0.3) is 0 Å². The van der Waals surface area contributed by atoms with E-state index in [0.717, 1.165) is 11.1 Å². The van der Waals surface area contributed by atoms with Crippen molar-refractivity contribution in [1.82, 2.24) is 13.5 Å². The number of ether oxygens (including phenoxy) is 1. The summed E-state index contributed by atoms with van der Waals surface area (Å²) in [5.41, 5.74) is 1.97. The Kier molecular flexibility index (Phi) is 8.20. The number of benzene rings is 2. The minimum atomic E-state index is -3.47. The van der Waals surface area contributed by atoms with Crippen molar-refractivity contribution in [3.8, 4) is 0 Å². The number of hydrogen-bond acceptors (Lipinski definition) is 4. The first-order valence-corrected chi connectivity index (χ1v) is 12.1. The lowest BCUT2D eigenvalue weighted by atomic mass is 10.0. The molecule has 168 valence electrons. The van der Waals surface area contributed by atoms with Crippen LogP contribution in [0.5, 0.6) is 0 Å². The lowest BCUT2D eigenvalue weighted by molar-refractivity contribution is -0.138. The minimum absolute atomic E-state index is 0.0583. The summed E-state index contributed by atoms with van der Waals surface area (Å²) in [4.78, 5) is 14.5. The fourth-order valence-corrected chi connectivity index (χ4v) is 5.37. The predicted molar refractivity (Wildman–Crippen MR) is 121 cm³/mol. The topological polar surface area (TPSA) is 70.2 Å². The van der Waals surface area contributed by atoms with Crippen molar-refractivity contribution in [3.63, 3.8) is 0 Å². The Morgan fingerprint density at radius 3 is 1.84 bits per heavy atom. The Labute approximate surface area is 185 Å². The van der Waals surface area contributed by atoms with Gasteiger partial charge in [0.2, 0.25) is 5.91 Å². The van der Waals surface area contributed by atoms with Crippen molar-refractivity contribution in [3.05, 3.63) is 71.8 Å². The molecule has 31 heavy (non-hydrogen) atoms. The monoisotopic (exact) mass is 445 g/mol. The average molecular weight is 446 g/mol. The number of amides is 1. The third-order valence-corrected chi connectivity index (χ3v) is 7.71. The Balaban J connectivity index is 1.60. The molecule has 0 aromatic heterocycles. The molecule has 7 nitrogen and oxygen atoms in total. The minimum Gasteiger partial charge on any atom is -0.359 e. The number of piperazine rings is 1. The Morgan fingerprint density at radius 2 is 1.39 bits per heavy atom. The highest BCUT2D eigenvalue weighted by Gasteiger charge is 2.32. The van der Waals surface area contributed by atoms with E-state index in [1.54, 1.807) is 4.90 Å². The van der Waals surface area contributed by atoms with Gasteiger partial charge in [0.15, 0.2) is 0 Å². The molecule has 1 amide bonds. The molecular weight excluding hydrogens is 414 g/mol. The maximum atomic E-state index is 12.8. The molecular formula is C23H31N3O4S. The quantitative estimate of drug-likeness (QED) is 0.595. The second-order valence-corrected chi connectivity index (χ2v) is 9.31. The largest absolute Gasteiger partial charge is 0.359 e. The number of carbonyl (C=O) groups excluding carboxylic acids is 1. The second kappa shape index (κ2) is 10.9. The van der Waals surface area contributed by atoms with Gasteiger partial charge in [0, 0.05) is 39.3 Å². The van der Waals surface area contributed by atoms with Gasteiger partial charge in [0.1, 0.15) is 12.7 Å². The first-order chi connectivity index (χ1) is 15.0. The molecule has 0 atom stereocenters. The van der Waals surface area contributed by atoms with E-state index in [1.807, 2.05) is 74.5 Å². The van der Waals surface area contributed by atoms with Gasteiger partial charge in [-0.05, 0) is 11.1 Å². The van der Waals surface area contributed by atoms with Gasteiger partial charge in [-0.25, -0.2) is 0 Å². The molecule has 0 spiro atoms. The van der Waals surface area contributed by atoms with Crippen molar-refractivity contribution in [2.24, 2.45) is 0 Å². The first kappa shape index (κ1) is 23.4. The molecule has 1 fully saturated rings. The van der Waals surface area contributed by atoms with Crippen molar-refractivity contribution >= 4 is 16.1 Å². The number of rotatable bonds is 9. The molecule has 0 unspecified atom stereocenters. The lowest BCUT2D eigenvalue weighted by Crippen LogP contribution is -2.54. The molecule has 1 aliphatic rings. The summed E-state index contributed by atoms with van der Waals surface area (Å²) in [7, 11) is -3.47. The van der Waals surface area contributed by atoms with Crippen molar-refractivity contribution < 1.29 is 17.9 Å². The van der Waals surface area contributed by atoms with E-state index >= 15 is 0 Å². The summed E-state index contributed by atoms with van der Waals surface area (Å²) < 4.78 is 34.3. The number of carbonyl (C=O) groups is 1. The summed E-state index contributed by atoms with van der Waals surface area (Å²) in [5, 5.41) is 0. The zero-order valence-corrected chi connectivity index (χ0v) is 19.0.